The lowest BCUT2D eigenvalue weighted by atomic mass is 9.98. The van der Waals surface area contributed by atoms with Crippen molar-refractivity contribution in [2.45, 2.75) is 12.5 Å². The van der Waals surface area contributed by atoms with Crippen LogP contribution in [0.15, 0.2) is 42.5 Å². The fraction of sp³-hybridized carbons (Fsp3) is 0.294. The fourth-order valence-electron chi connectivity index (χ4n) is 2.83. The average molecular weight is 269 g/mol. The SMILES string of the molecule is COc1ccccc1C(O)c1ccc2c(c1)CCN2C. The summed E-state index contributed by atoms with van der Waals surface area (Å²) in [6, 6.07) is 13.8. The molecule has 3 rings (SSSR count). The first-order valence-electron chi connectivity index (χ1n) is 6.85. The minimum atomic E-state index is -0.651. The Hall–Kier alpha value is -2.00. The van der Waals surface area contributed by atoms with Crippen LogP contribution in [0, 0.1) is 0 Å². The molecule has 0 saturated heterocycles. The van der Waals surface area contributed by atoms with E-state index in [1.54, 1.807) is 7.11 Å². The number of aliphatic hydroxyl groups is 1. The van der Waals surface area contributed by atoms with E-state index < -0.39 is 6.10 Å². The van der Waals surface area contributed by atoms with Gasteiger partial charge in [0.05, 0.1) is 7.11 Å². The lowest BCUT2D eigenvalue weighted by Crippen LogP contribution is -2.12. The summed E-state index contributed by atoms with van der Waals surface area (Å²) in [6.45, 7) is 1.05. The summed E-state index contributed by atoms with van der Waals surface area (Å²) in [5.74, 6) is 0.720. The van der Waals surface area contributed by atoms with Gasteiger partial charge in [0.25, 0.3) is 0 Å². The van der Waals surface area contributed by atoms with Crippen molar-refractivity contribution in [2.75, 3.05) is 25.6 Å². The monoisotopic (exact) mass is 269 g/mol. The Morgan fingerprint density at radius 1 is 1.20 bits per heavy atom. The molecular weight excluding hydrogens is 250 g/mol. The molecule has 1 unspecified atom stereocenters. The Kier molecular flexibility index (Phi) is 3.36. The van der Waals surface area contributed by atoms with Crippen LogP contribution in [0.3, 0.4) is 0 Å². The highest BCUT2D eigenvalue weighted by atomic mass is 16.5. The van der Waals surface area contributed by atoms with Gasteiger partial charge in [0, 0.05) is 24.8 Å². The third kappa shape index (κ3) is 2.14. The minimum absolute atomic E-state index is 0.651. The fourth-order valence-corrected chi connectivity index (χ4v) is 2.83. The number of likely N-dealkylation sites (N-methyl/N-ethyl adjacent to an activating group) is 1. The Bertz CT molecular complexity index is 624. The summed E-state index contributed by atoms with van der Waals surface area (Å²) in [5.41, 5.74) is 4.30. The molecule has 20 heavy (non-hydrogen) atoms. The molecule has 1 aliphatic heterocycles. The van der Waals surface area contributed by atoms with Crippen LogP contribution in [0.5, 0.6) is 5.75 Å². The number of methoxy groups -OCH3 is 1. The summed E-state index contributed by atoms with van der Waals surface area (Å²) in [4.78, 5) is 2.24. The molecule has 1 N–H and O–H groups in total. The predicted molar refractivity (Wildman–Crippen MR) is 80.5 cm³/mol. The van der Waals surface area contributed by atoms with Gasteiger partial charge in [-0.2, -0.15) is 0 Å². The van der Waals surface area contributed by atoms with Gasteiger partial charge in [-0.05, 0) is 29.7 Å². The predicted octanol–water partition coefficient (Wildman–Crippen LogP) is 2.77. The van der Waals surface area contributed by atoms with E-state index >= 15 is 0 Å². The van der Waals surface area contributed by atoms with Crippen molar-refractivity contribution in [3.8, 4) is 5.75 Å². The Morgan fingerprint density at radius 2 is 2.00 bits per heavy atom. The van der Waals surface area contributed by atoms with Crippen molar-refractivity contribution in [1.29, 1.82) is 0 Å². The second-order valence-electron chi connectivity index (χ2n) is 5.20. The molecule has 2 aromatic rings. The van der Waals surface area contributed by atoms with E-state index in [9.17, 15) is 5.11 Å². The van der Waals surface area contributed by atoms with E-state index in [1.807, 2.05) is 30.3 Å². The van der Waals surface area contributed by atoms with Crippen LogP contribution in [0.25, 0.3) is 0 Å². The molecule has 0 bridgehead atoms. The number of aliphatic hydroxyl groups excluding tert-OH is 1. The molecule has 0 radical (unpaired) electrons. The average Bonchev–Trinajstić information content (AvgIpc) is 2.87. The third-order valence-corrected chi connectivity index (χ3v) is 3.98. The minimum Gasteiger partial charge on any atom is -0.496 e. The van der Waals surface area contributed by atoms with Crippen LogP contribution in [0.2, 0.25) is 0 Å². The van der Waals surface area contributed by atoms with Gasteiger partial charge in [0.1, 0.15) is 11.9 Å². The lowest BCUT2D eigenvalue weighted by molar-refractivity contribution is 0.214. The molecule has 3 nitrogen and oxygen atoms in total. The van der Waals surface area contributed by atoms with Crippen molar-refractivity contribution < 1.29 is 9.84 Å². The smallest absolute Gasteiger partial charge is 0.125 e. The second kappa shape index (κ2) is 5.17. The van der Waals surface area contributed by atoms with Gasteiger partial charge in [0.15, 0.2) is 0 Å². The molecular formula is C17H19NO2. The molecule has 0 saturated carbocycles. The molecule has 0 aliphatic carbocycles. The molecule has 0 fully saturated rings. The van der Waals surface area contributed by atoms with Crippen LogP contribution in [-0.4, -0.2) is 25.8 Å². The number of hydrogen-bond acceptors (Lipinski definition) is 3. The van der Waals surface area contributed by atoms with Crippen molar-refractivity contribution in [2.24, 2.45) is 0 Å². The normalized spacial score (nSPS) is 15.1. The van der Waals surface area contributed by atoms with Crippen molar-refractivity contribution in [3.63, 3.8) is 0 Å². The number of nitrogens with zero attached hydrogens (tertiary/aromatic N) is 1. The molecule has 1 aliphatic rings. The number of fused-ring (bicyclic) bond motifs is 1. The van der Waals surface area contributed by atoms with Crippen LogP contribution in [0.1, 0.15) is 22.8 Å². The standard InChI is InChI=1S/C17H19NO2/c1-18-10-9-12-11-13(7-8-15(12)18)17(19)14-5-3-4-6-16(14)20-2/h3-8,11,17,19H,9-10H2,1-2H3. The van der Waals surface area contributed by atoms with Gasteiger partial charge in [-0.3, -0.25) is 0 Å². The molecule has 0 aromatic heterocycles. The third-order valence-electron chi connectivity index (χ3n) is 3.98. The molecule has 1 heterocycles. The van der Waals surface area contributed by atoms with E-state index in [4.69, 9.17) is 4.74 Å². The molecule has 104 valence electrons. The first-order chi connectivity index (χ1) is 9.70. The number of para-hydroxylation sites is 1. The Labute approximate surface area is 119 Å². The zero-order valence-corrected chi connectivity index (χ0v) is 11.8. The van der Waals surface area contributed by atoms with Crippen LogP contribution >= 0.6 is 0 Å². The summed E-state index contributed by atoms with van der Waals surface area (Å²) in [7, 11) is 3.73. The number of hydrogen-bond donors (Lipinski definition) is 1. The van der Waals surface area contributed by atoms with E-state index in [1.165, 1.54) is 11.3 Å². The van der Waals surface area contributed by atoms with Gasteiger partial charge in [-0.15, -0.1) is 0 Å². The van der Waals surface area contributed by atoms with Crippen LogP contribution in [0.4, 0.5) is 5.69 Å². The highest BCUT2D eigenvalue weighted by Gasteiger charge is 2.20. The maximum Gasteiger partial charge on any atom is 0.125 e. The molecule has 0 spiro atoms. The summed E-state index contributed by atoms with van der Waals surface area (Å²) < 4.78 is 5.33. The largest absolute Gasteiger partial charge is 0.496 e. The summed E-state index contributed by atoms with van der Waals surface area (Å²) in [6.07, 6.45) is 0.389. The highest BCUT2D eigenvalue weighted by molar-refractivity contribution is 5.59. The molecule has 2 aromatic carbocycles. The second-order valence-corrected chi connectivity index (χ2v) is 5.20. The topological polar surface area (TPSA) is 32.7 Å². The van der Waals surface area contributed by atoms with E-state index in [0.717, 1.165) is 29.8 Å². The van der Waals surface area contributed by atoms with Crippen molar-refractivity contribution >= 4 is 5.69 Å². The highest BCUT2D eigenvalue weighted by Crippen LogP contribution is 2.34. The van der Waals surface area contributed by atoms with E-state index in [-0.39, 0.29) is 0 Å². The maximum absolute atomic E-state index is 10.6. The number of ether oxygens (including phenoxy) is 1. The van der Waals surface area contributed by atoms with E-state index in [2.05, 4.69) is 24.1 Å². The molecule has 3 heteroatoms. The number of anilines is 1. The van der Waals surface area contributed by atoms with Gasteiger partial charge < -0.3 is 14.7 Å². The zero-order chi connectivity index (χ0) is 14.1. The number of benzene rings is 2. The quantitative estimate of drug-likeness (QED) is 0.930. The first kappa shape index (κ1) is 13.0. The zero-order valence-electron chi connectivity index (χ0n) is 11.8. The van der Waals surface area contributed by atoms with Crippen molar-refractivity contribution in [1.82, 2.24) is 0 Å². The maximum atomic E-state index is 10.6. The first-order valence-corrected chi connectivity index (χ1v) is 6.85. The summed E-state index contributed by atoms with van der Waals surface area (Å²) >= 11 is 0. The Balaban J connectivity index is 1.97. The Morgan fingerprint density at radius 3 is 2.80 bits per heavy atom. The van der Waals surface area contributed by atoms with E-state index in [0.29, 0.717) is 0 Å². The molecule has 0 amide bonds. The van der Waals surface area contributed by atoms with Crippen LogP contribution < -0.4 is 9.64 Å². The van der Waals surface area contributed by atoms with Gasteiger partial charge in [-0.25, -0.2) is 0 Å². The summed E-state index contributed by atoms with van der Waals surface area (Å²) in [5, 5.41) is 10.6. The number of rotatable bonds is 3. The van der Waals surface area contributed by atoms with Crippen molar-refractivity contribution in [3.05, 3.63) is 59.2 Å². The van der Waals surface area contributed by atoms with Crippen LogP contribution in [-0.2, 0) is 6.42 Å². The molecule has 1 atom stereocenters. The van der Waals surface area contributed by atoms with Gasteiger partial charge in [0.2, 0.25) is 0 Å². The van der Waals surface area contributed by atoms with Gasteiger partial charge >= 0.3 is 0 Å². The van der Waals surface area contributed by atoms with Gasteiger partial charge in [-0.1, -0.05) is 30.3 Å². The lowest BCUT2D eigenvalue weighted by Gasteiger charge is -2.17.